The van der Waals surface area contributed by atoms with E-state index in [1.165, 1.54) is 0 Å². The Bertz CT molecular complexity index is 1150. The molecule has 0 aliphatic carbocycles. The van der Waals surface area contributed by atoms with Crippen molar-refractivity contribution in [2.75, 3.05) is 40.2 Å². The molecular weight excluding hydrogens is 470 g/mol. The zero-order valence-electron chi connectivity index (χ0n) is 21.9. The highest BCUT2D eigenvalue weighted by Crippen LogP contribution is 2.32. The van der Waals surface area contributed by atoms with E-state index in [0.717, 1.165) is 36.9 Å². The van der Waals surface area contributed by atoms with Gasteiger partial charge in [0, 0.05) is 37.2 Å². The van der Waals surface area contributed by atoms with Crippen LogP contribution in [0.1, 0.15) is 42.7 Å². The van der Waals surface area contributed by atoms with Crippen molar-refractivity contribution >= 4 is 16.8 Å². The van der Waals surface area contributed by atoms with Crippen molar-refractivity contribution in [3.63, 3.8) is 0 Å². The molecule has 0 bridgehead atoms. The fourth-order valence-electron chi connectivity index (χ4n) is 4.47. The zero-order valence-corrected chi connectivity index (χ0v) is 21.9. The number of aromatic nitrogens is 1. The number of methoxy groups -OCH3 is 1. The normalized spacial score (nSPS) is 16.2. The summed E-state index contributed by atoms with van der Waals surface area (Å²) < 4.78 is 22.8. The molecule has 2 heterocycles. The van der Waals surface area contributed by atoms with Gasteiger partial charge in [-0.15, -0.1) is 0 Å². The fourth-order valence-corrected chi connectivity index (χ4v) is 4.47. The van der Waals surface area contributed by atoms with Crippen LogP contribution in [0.4, 0.5) is 0 Å². The minimum atomic E-state index is -0.218. The van der Waals surface area contributed by atoms with Crippen molar-refractivity contribution in [2.45, 2.75) is 45.4 Å². The number of ether oxygens (including phenoxy) is 4. The molecular formula is C29H37N3O5. The third kappa shape index (κ3) is 7.41. The van der Waals surface area contributed by atoms with Crippen LogP contribution in [0.25, 0.3) is 10.9 Å². The molecule has 1 fully saturated rings. The summed E-state index contributed by atoms with van der Waals surface area (Å²) in [6.07, 6.45) is 2.01. The number of piperidine rings is 1. The third-order valence-corrected chi connectivity index (χ3v) is 6.47. The first-order valence-electron chi connectivity index (χ1n) is 12.9. The van der Waals surface area contributed by atoms with Crippen LogP contribution in [0.5, 0.6) is 11.5 Å². The Morgan fingerprint density at radius 3 is 2.70 bits per heavy atom. The number of hydrogen-bond acceptors (Lipinski definition) is 7. The number of para-hydroxylation sites is 1. The van der Waals surface area contributed by atoms with E-state index in [-0.39, 0.29) is 18.7 Å². The maximum Gasteiger partial charge on any atom is 0.270 e. The Morgan fingerprint density at radius 1 is 1.08 bits per heavy atom. The molecule has 0 unspecified atom stereocenters. The van der Waals surface area contributed by atoms with Crippen LogP contribution in [0.2, 0.25) is 0 Å². The van der Waals surface area contributed by atoms with E-state index in [9.17, 15) is 4.79 Å². The molecule has 198 valence electrons. The van der Waals surface area contributed by atoms with Crippen LogP contribution in [-0.4, -0.2) is 68.1 Å². The molecule has 3 aromatic rings. The van der Waals surface area contributed by atoms with Gasteiger partial charge in [-0.25, -0.2) is 4.98 Å². The second-order valence-electron chi connectivity index (χ2n) is 9.50. The van der Waals surface area contributed by atoms with E-state index in [1.807, 2.05) is 48.5 Å². The van der Waals surface area contributed by atoms with E-state index < -0.39 is 0 Å². The monoisotopic (exact) mass is 507 g/mol. The number of benzene rings is 2. The van der Waals surface area contributed by atoms with E-state index in [0.29, 0.717) is 48.6 Å². The SMILES string of the molecule is COCCOc1cc(C(=O)N[C@@H]2CCCN(C(C)C)C2)nc2c(OCOCc3ccccc3)cccc12. The van der Waals surface area contributed by atoms with Gasteiger partial charge < -0.3 is 24.3 Å². The summed E-state index contributed by atoms with van der Waals surface area (Å²) in [5.41, 5.74) is 1.91. The topological polar surface area (TPSA) is 82.2 Å². The maximum atomic E-state index is 13.3. The van der Waals surface area contributed by atoms with Gasteiger partial charge in [0.05, 0.1) is 13.2 Å². The lowest BCUT2D eigenvalue weighted by atomic mass is 10.0. The summed E-state index contributed by atoms with van der Waals surface area (Å²) in [6, 6.07) is 17.7. The third-order valence-electron chi connectivity index (χ3n) is 6.47. The molecule has 1 aliphatic rings. The van der Waals surface area contributed by atoms with Crippen molar-refractivity contribution < 1.29 is 23.7 Å². The summed E-state index contributed by atoms with van der Waals surface area (Å²) in [5.74, 6) is 0.875. The molecule has 2 aromatic carbocycles. The van der Waals surface area contributed by atoms with Crippen molar-refractivity contribution in [3.05, 3.63) is 65.9 Å². The quantitative estimate of drug-likeness (QED) is 0.287. The second kappa shape index (κ2) is 13.4. The molecule has 1 atom stereocenters. The van der Waals surface area contributed by atoms with Gasteiger partial charge in [-0.2, -0.15) is 0 Å². The number of rotatable bonds is 12. The Balaban J connectivity index is 1.52. The molecule has 1 N–H and O–H groups in total. The van der Waals surface area contributed by atoms with Gasteiger partial charge in [0.25, 0.3) is 5.91 Å². The average molecular weight is 508 g/mol. The zero-order chi connectivity index (χ0) is 26.0. The summed E-state index contributed by atoms with van der Waals surface area (Å²) in [6.45, 7) is 7.54. The molecule has 0 spiro atoms. The highest BCUT2D eigenvalue weighted by Gasteiger charge is 2.24. The molecule has 1 amide bonds. The number of pyridine rings is 1. The average Bonchev–Trinajstić information content (AvgIpc) is 2.92. The maximum absolute atomic E-state index is 13.3. The number of amides is 1. The summed E-state index contributed by atoms with van der Waals surface area (Å²) in [5, 5.41) is 3.94. The molecule has 1 saturated heterocycles. The predicted octanol–water partition coefficient (Wildman–Crippen LogP) is 4.42. The molecule has 1 aliphatic heterocycles. The standard InChI is InChI=1S/C29H37N3O5/c1-21(2)32-14-8-11-23(18-32)30-29(33)25-17-27(36-16-15-34-3)24-12-7-13-26(28(24)31-25)37-20-35-19-22-9-5-4-6-10-22/h4-7,9-10,12-13,17,21,23H,8,11,14-16,18-20H2,1-3H3,(H,30,33)/t23-/m1/s1. The van der Waals surface area contributed by atoms with Crippen molar-refractivity contribution in [3.8, 4) is 11.5 Å². The molecule has 1 aromatic heterocycles. The van der Waals surface area contributed by atoms with Crippen molar-refractivity contribution in [1.82, 2.24) is 15.2 Å². The number of carbonyl (C=O) groups excluding carboxylic acids is 1. The van der Waals surface area contributed by atoms with Gasteiger partial charge in [0.1, 0.15) is 29.3 Å². The van der Waals surface area contributed by atoms with Gasteiger partial charge in [0.2, 0.25) is 0 Å². The molecule has 8 heteroatoms. The number of hydrogen-bond donors (Lipinski definition) is 1. The highest BCUT2D eigenvalue weighted by molar-refractivity contribution is 5.98. The van der Waals surface area contributed by atoms with Crippen LogP contribution in [-0.2, 0) is 16.1 Å². The number of fused-ring (bicyclic) bond motifs is 1. The number of carbonyl (C=O) groups is 1. The van der Waals surface area contributed by atoms with Gasteiger partial charge in [0.15, 0.2) is 6.79 Å². The number of nitrogens with one attached hydrogen (secondary N) is 1. The predicted molar refractivity (Wildman–Crippen MR) is 143 cm³/mol. The first kappa shape index (κ1) is 26.9. The Kier molecular flexibility index (Phi) is 9.71. The molecule has 4 rings (SSSR count). The summed E-state index contributed by atoms with van der Waals surface area (Å²) in [4.78, 5) is 20.4. The van der Waals surface area contributed by atoms with Gasteiger partial charge in [-0.1, -0.05) is 36.4 Å². The van der Waals surface area contributed by atoms with Crippen LogP contribution < -0.4 is 14.8 Å². The Hall–Kier alpha value is -3.20. The first-order chi connectivity index (χ1) is 18.0. The van der Waals surface area contributed by atoms with Crippen LogP contribution in [0, 0.1) is 0 Å². The molecule has 0 saturated carbocycles. The lowest BCUT2D eigenvalue weighted by Gasteiger charge is -2.35. The van der Waals surface area contributed by atoms with E-state index in [4.69, 9.17) is 23.9 Å². The lowest BCUT2D eigenvalue weighted by molar-refractivity contribution is 0.00578. The molecule has 37 heavy (non-hydrogen) atoms. The van der Waals surface area contributed by atoms with Crippen LogP contribution >= 0.6 is 0 Å². The van der Waals surface area contributed by atoms with Gasteiger partial charge in [-0.3, -0.25) is 9.69 Å². The number of likely N-dealkylation sites (tertiary alicyclic amines) is 1. The summed E-state index contributed by atoms with van der Waals surface area (Å²) >= 11 is 0. The van der Waals surface area contributed by atoms with E-state index in [2.05, 4.69) is 24.1 Å². The largest absolute Gasteiger partial charge is 0.490 e. The lowest BCUT2D eigenvalue weighted by Crippen LogP contribution is -2.49. The van der Waals surface area contributed by atoms with Gasteiger partial charge >= 0.3 is 0 Å². The fraction of sp³-hybridized carbons (Fsp3) is 0.448. The molecule has 0 radical (unpaired) electrons. The first-order valence-corrected chi connectivity index (χ1v) is 12.9. The highest BCUT2D eigenvalue weighted by atomic mass is 16.7. The van der Waals surface area contributed by atoms with Crippen molar-refractivity contribution in [1.29, 1.82) is 0 Å². The van der Waals surface area contributed by atoms with E-state index >= 15 is 0 Å². The van der Waals surface area contributed by atoms with E-state index in [1.54, 1.807) is 13.2 Å². The minimum Gasteiger partial charge on any atom is -0.490 e. The number of nitrogens with zero attached hydrogens (tertiary/aromatic N) is 2. The Labute approximate surface area is 218 Å². The minimum absolute atomic E-state index is 0.0547. The van der Waals surface area contributed by atoms with Crippen LogP contribution in [0.3, 0.4) is 0 Å². The smallest absolute Gasteiger partial charge is 0.270 e. The summed E-state index contributed by atoms with van der Waals surface area (Å²) in [7, 11) is 1.62. The van der Waals surface area contributed by atoms with Crippen molar-refractivity contribution in [2.24, 2.45) is 0 Å². The Morgan fingerprint density at radius 2 is 1.92 bits per heavy atom. The van der Waals surface area contributed by atoms with Gasteiger partial charge in [-0.05, 0) is 50.9 Å². The second-order valence-corrected chi connectivity index (χ2v) is 9.50. The van der Waals surface area contributed by atoms with Crippen LogP contribution in [0.15, 0.2) is 54.6 Å². The molecule has 8 nitrogen and oxygen atoms in total.